The van der Waals surface area contributed by atoms with E-state index in [0.29, 0.717) is 6.42 Å². The third-order valence-corrected chi connectivity index (χ3v) is 6.38. The molecule has 2 heterocycles. The smallest absolute Gasteiger partial charge is 0.224 e. The molecule has 132 valence electrons. The summed E-state index contributed by atoms with van der Waals surface area (Å²) in [6, 6.07) is 23.1. The molecule has 3 aromatic rings. The number of amides is 1. The summed E-state index contributed by atoms with van der Waals surface area (Å²) in [6.45, 7) is 2.98. The molecule has 1 amide bonds. The van der Waals surface area contributed by atoms with Crippen molar-refractivity contribution in [3.8, 4) is 0 Å². The van der Waals surface area contributed by atoms with Crippen LogP contribution in [-0.2, 0) is 11.2 Å². The van der Waals surface area contributed by atoms with Crippen molar-refractivity contribution in [2.75, 3.05) is 6.54 Å². The molecule has 1 aromatic heterocycles. The van der Waals surface area contributed by atoms with Gasteiger partial charge in [0.2, 0.25) is 5.91 Å². The van der Waals surface area contributed by atoms with Crippen molar-refractivity contribution in [2.24, 2.45) is 0 Å². The van der Waals surface area contributed by atoms with Gasteiger partial charge in [-0.2, -0.15) is 0 Å². The summed E-state index contributed by atoms with van der Waals surface area (Å²) in [7, 11) is 0. The fraction of sp³-hybridized carbons (Fsp3) is 0.261. The number of fused-ring (bicyclic) bond motifs is 1. The van der Waals surface area contributed by atoms with Crippen molar-refractivity contribution in [2.45, 2.75) is 31.7 Å². The number of carbonyl (C=O) groups is 1. The fourth-order valence-electron chi connectivity index (χ4n) is 3.94. The third kappa shape index (κ3) is 3.32. The van der Waals surface area contributed by atoms with Gasteiger partial charge in [-0.3, -0.25) is 4.79 Å². The minimum atomic E-state index is 0.0981. The van der Waals surface area contributed by atoms with E-state index < -0.39 is 0 Å². The lowest BCUT2D eigenvalue weighted by Gasteiger charge is -2.35. The van der Waals surface area contributed by atoms with Gasteiger partial charge in [-0.15, -0.1) is 11.3 Å². The molecule has 0 aliphatic carbocycles. The molecule has 0 N–H and O–H groups in total. The van der Waals surface area contributed by atoms with Crippen molar-refractivity contribution < 1.29 is 4.79 Å². The van der Waals surface area contributed by atoms with Gasteiger partial charge in [-0.05, 0) is 41.5 Å². The summed E-state index contributed by atoms with van der Waals surface area (Å²) >= 11 is 1.81. The molecule has 4 rings (SSSR count). The van der Waals surface area contributed by atoms with E-state index >= 15 is 0 Å². The van der Waals surface area contributed by atoms with Crippen LogP contribution in [-0.4, -0.2) is 17.4 Å². The van der Waals surface area contributed by atoms with E-state index in [1.165, 1.54) is 21.6 Å². The maximum atomic E-state index is 13.2. The summed E-state index contributed by atoms with van der Waals surface area (Å²) in [5, 5.41) is 2.14. The number of nitrogens with zero attached hydrogens (tertiary/aromatic N) is 1. The predicted molar refractivity (Wildman–Crippen MR) is 107 cm³/mol. The molecule has 26 heavy (non-hydrogen) atoms. The minimum absolute atomic E-state index is 0.0981. The molecule has 3 heteroatoms. The van der Waals surface area contributed by atoms with Crippen molar-refractivity contribution in [1.82, 2.24) is 4.90 Å². The molecule has 2 nitrogen and oxygen atoms in total. The lowest BCUT2D eigenvalue weighted by Crippen LogP contribution is -2.38. The Bertz CT molecular complexity index is 832. The molecule has 1 aliphatic rings. The van der Waals surface area contributed by atoms with Gasteiger partial charge in [0, 0.05) is 23.8 Å². The van der Waals surface area contributed by atoms with Crippen LogP contribution >= 0.6 is 11.3 Å². The Morgan fingerprint density at radius 3 is 2.27 bits per heavy atom. The maximum Gasteiger partial charge on any atom is 0.224 e. The molecular formula is C23H23NOS. The zero-order chi connectivity index (χ0) is 17.9. The van der Waals surface area contributed by atoms with Crippen LogP contribution in [0.1, 0.15) is 46.9 Å². The molecule has 0 saturated carbocycles. The molecule has 0 unspecified atom stereocenters. The normalized spacial score (nSPS) is 16.5. The molecule has 0 saturated heterocycles. The topological polar surface area (TPSA) is 20.3 Å². The predicted octanol–water partition coefficient (Wildman–Crippen LogP) is 5.42. The van der Waals surface area contributed by atoms with E-state index in [-0.39, 0.29) is 17.9 Å². The van der Waals surface area contributed by atoms with Crippen molar-refractivity contribution >= 4 is 17.2 Å². The largest absolute Gasteiger partial charge is 0.336 e. The fourth-order valence-corrected chi connectivity index (χ4v) is 4.90. The first-order chi connectivity index (χ1) is 12.7. The number of rotatable bonds is 4. The Balaban J connectivity index is 1.59. The van der Waals surface area contributed by atoms with Gasteiger partial charge in [-0.1, -0.05) is 60.7 Å². The van der Waals surface area contributed by atoms with Crippen LogP contribution < -0.4 is 0 Å². The molecule has 1 atom stereocenters. The summed E-state index contributed by atoms with van der Waals surface area (Å²) in [5.41, 5.74) is 3.73. The summed E-state index contributed by atoms with van der Waals surface area (Å²) in [5.74, 6) is 0.341. The Morgan fingerprint density at radius 1 is 1.04 bits per heavy atom. The van der Waals surface area contributed by atoms with Gasteiger partial charge in [0.15, 0.2) is 0 Å². The molecular weight excluding hydrogens is 338 g/mol. The Kier molecular flexibility index (Phi) is 4.89. The molecule has 0 spiro atoms. The summed E-state index contributed by atoms with van der Waals surface area (Å²) in [6.07, 6.45) is 1.49. The van der Waals surface area contributed by atoms with Crippen LogP contribution in [0.5, 0.6) is 0 Å². The monoisotopic (exact) mass is 361 g/mol. The first-order valence-electron chi connectivity index (χ1n) is 9.19. The van der Waals surface area contributed by atoms with Gasteiger partial charge in [0.25, 0.3) is 0 Å². The number of hydrogen-bond acceptors (Lipinski definition) is 2. The minimum Gasteiger partial charge on any atom is -0.336 e. The van der Waals surface area contributed by atoms with E-state index in [4.69, 9.17) is 0 Å². The standard InChI is InChI=1S/C23H23NOS/c1-17-20-13-15-26-22(20)12-14-24(17)23(25)16-21(18-8-4-2-5-9-18)19-10-6-3-7-11-19/h2-11,13,15,17,21H,12,14,16H2,1H3/t17-/m1/s1. The van der Waals surface area contributed by atoms with Gasteiger partial charge >= 0.3 is 0 Å². The van der Waals surface area contributed by atoms with Gasteiger partial charge in [-0.25, -0.2) is 0 Å². The Morgan fingerprint density at radius 2 is 1.65 bits per heavy atom. The first kappa shape index (κ1) is 17.0. The number of benzene rings is 2. The molecule has 0 bridgehead atoms. The zero-order valence-corrected chi connectivity index (χ0v) is 15.8. The average molecular weight is 362 g/mol. The highest BCUT2D eigenvalue weighted by Gasteiger charge is 2.30. The highest BCUT2D eigenvalue weighted by Crippen LogP contribution is 2.35. The summed E-state index contributed by atoms with van der Waals surface area (Å²) < 4.78 is 0. The Labute approximate surface area is 159 Å². The van der Waals surface area contributed by atoms with Crippen LogP contribution in [0, 0.1) is 0 Å². The van der Waals surface area contributed by atoms with Crippen molar-refractivity contribution in [3.63, 3.8) is 0 Å². The van der Waals surface area contributed by atoms with E-state index in [2.05, 4.69) is 71.8 Å². The molecule has 0 radical (unpaired) electrons. The molecule has 2 aromatic carbocycles. The van der Waals surface area contributed by atoms with E-state index in [0.717, 1.165) is 13.0 Å². The third-order valence-electron chi connectivity index (χ3n) is 5.38. The lowest BCUT2D eigenvalue weighted by atomic mass is 9.87. The van der Waals surface area contributed by atoms with Crippen LogP contribution in [0.3, 0.4) is 0 Å². The SMILES string of the molecule is C[C@@H]1c2ccsc2CCN1C(=O)CC(c1ccccc1)c1ccccc1. The van der Waals surface area contributed by atoms with Gasteiger partial charge < -0.3 is 4.90 Å². The first-order valence-corrected chi connectivity index (χ1v) is 10.1. The zero-order valence-electron chi connectivity index (χ0n) is 15.0. The second kappa shape index (κ2) is 7.46. The number of hydrogen-bond donors (Lipinski definition) is 0. The second-order valence-electron chi connectivity index (χ2n) is 6.89. The van der Waals surface area contributed by atoms with Crippen molar-refractivity contribution in [1.29, 1.82) is 0 Å². The van der Waals surface area contributed by atoms with Crippen LogP contribution in [0.15, 0.2) is 72.1 Å². The van der Waals surface area contributed by atoms with E-state index in [1.807, 2.05) is 23.5 Å². The average Bonchev–Trinajstić information content (AvgIpc) is 3.17. The number of thiophene rings is 1. The molecule has 1 aliphatic heterocycles. The summed E-state index contributed by atoms with van der Waals surface area (Å²) in [4.78, 5) is 16.7. The van der Waals surface area contributed by atoms with Gasteiger partial charge in [0.05, 0.1) is 6.04 Å². The van der Waals surface area contributed by atoms with E-state index in [1.54, 1.807) is 0 Å². The maximum absolute atomic E-state index is 13.2. The highest BCUT2D eigenvalue weighted by atomic mass is 32.1. The van der Waals surface area contributed by atoms with E-state index in [9.17, 15) is 4.79 Å². The second-order valence-corrected chi connectivity index (χ2v) is 7.89. The van der Waals surface area contributed by atoms with Crippen LogP contribution in [0.25, 0.3) is 0 Å². The van der Waals surface area contributed by atoms with Gasteiger partial charge in [0.1, 0.15) is 0 Å². The highest BCUT2D eigenvalue weighted by molar-refractivity contribution is 7.10. The van der Waals surface area contributed by atoms with Crippen molar-refractivity contribution in [3.05, 3.63) is 93.7 Å². The van der Waals surface area contributed by atoms with Crippen LogP contribution in [0.2, 0.25) is 0 Å². The molecule has 0 fully saturated rings. The quantitative estimate of drug-likeness (QED) is 0.608. The van der Waals surface area contributed by atoms with Crippen LogP contribution in [0.4, 0.5) is 0 Å². The number of carbonyl (C=O) groups excluding carboxylic acids is 1. The lowest BCUT2D eigenvalue weighted by molar-refractivity contribution is -0.134. The Hall–Kier alpha value is -2.39.